The second-order valence-electron chi connectivity index (χ2n) is 8.70. The van der Waals surface area contributed by atoms with Crippen LogP contribution in [-0.2, 0) is 6.54 Å². The second kappa shape index (κ2) is 9.78. The molecule has 0 unspecified atom stereocenters. The molecule has 8 heteroatoms. The molecular formula is C26H27ClN4O2S. The number of halogens is 1. The van der Waals surface area contributed by atoms with Gasteiger partial charge in [-0.2, -0.15) is 0 Å². The highest BCUT2D eigenvalue weighted by Gasteiger charge is 2.21. The van der Waals surface area contributed by atoms with Gasteiger partial charge in [0.05, 0.1) is 16.8 Å². The van der Waals surface area contributed by atoms with Crippen LogP contribution < -0.4 is 10.5 Å². The normalized spacial score (nSPS) is 15.5. The molecule has 2 N–H and O–H groups in total. The third-order valence-electron chi connectivity index (χ3n) is 6.24. The molecule has 1 aliphatic rings. The van der Waals surface area contributed by atoms with Gasteiger partial charge >= 0.3 is 0 Å². The van der Waals surface area contributed by atoms with E-state index in [2.05, 4.69) is 26.5 Å². The summed E-state index contributed by atoms with van der Waals surface area (Å²) in [5.41, 5.74) is 9.56. The summed E-state index contributed by atoms with van der Waals surface area (Å²) in [6.45, 7) is 5.12. The maximum Gasteiger partial charge on any atom is 0.262 e. The minimum Gasteiger partial charge on any atom is -0.484 e. The Kier molecular flexibility index (Phi) is 6.59. The van der Waals surface area contributed by atoms with Gasteiger partial charge in [-0.25, -0.2) is 4.98 Å². The van der Waals surface area contributed by atoms with Crippen LogP contribution in [0.25, 0.3) is 16.2 Å². The Morgan fingerprint density at radius 1 is 1.21 bits per heavy atom. The molecule has 0 saturated carbocycles. The van der Waals surface area contributed by atoms with Crippen molar-refractivity contribution in [3.8, 4) is 16.3 Å². The lowest BCUT2D eigenvalue weighted by Crippen LogP contribution is -2.29. The number of fused-ring (bicyclic) bond motifs is 1. The molecule has 4 aromatic rings. The minimum absolute atomic E-state index is 0.340. The molecule has 1 saturated heterocycles. The van der Waals surface area contributed by atoms with E-state index in [-0.39, 0.29) is 6.10 Å². The van der Waals surface area contributed by atoms with Gasteiger partial charge in [-0.15, -0.1) is 11.3 Å². The Balaban J connectivity index is 1.46. The predicted molar refractivity (Wildman–Crippen MR) is 137 cm³/mol. The monoisotopic (exact) mass is 494 g/mol. The van der Waals surface area contributed by atoms with Gasteiger partial charge in [0.1, 0.15) is 22.4 Å². The highest BCUT2D eigenvalue weighted by Crippen LogP contribution is 2.39. The number of ether oxygens (including phenoxy) is 1. The Morgan fingerprint density at radius 2 is 2.00 bits per heavy atom. The molecular weight excluding hydrogens is 468 g/mol. The lowest BCUT2D eigenvalue weighted by molar-refractivity contribution is 0.0998. The number of rotatable bonds is 7. The lowest BCUT2D eigenvalue weighted by atomic mass is 10.1. The van der Waals surface area contributed by atoms with Crippen molar-refractivity contribution in [3.05, 3.63) is 75.9 Å². The number of nitrogens with zero attached hydrogens (tertiary/aromatic N) is 3. The van der Waals surface area contributed by atoms with Gasteiger partial charge < -0.3 is 10.5 Å². The van der Waals surface area contributed by atoms with Crippen molar-refractivity contribution < 1.29 is 9.53 Å². The third-order valence-corrected chi connectivity index (χ3v) is 7.74. The van der Waals surface area contributed by atoms with Crippen LogP contribution in [-0.4, -0.2) is 33.3 Å². The summed E-state index contributed by atoms with van der Waals surface area (Å²) < 4.78 is 8.26. The van der Waals surface area contributed by atoms with Crippen molar-refractivity contribution in [1.29, 1.82) is 0 Å². The summed E-state index contributed by atoms with van der Waals surface area (Å²) in [4.78, 5) is 20.6. The number of likely N-dealkylation sites (tertiary alicyclic amines) is 1. The number of pyridine rings is 1. The van der Waals surface area contributed by atoms with E-state index in [9.17, 15) is 4.79 Å². The number of benzene rings is 1. The first-order valence-corrected chi connectivity index (χ1v) is 12.7. The van der Waals surface area contributed by atoms with Crippen LogP contribution in [0.2, 0.25) is 5.02 Å². The van der Waals surface area contributed by atoms with Crippen LogP contribution in [0.4, 0.5) is 0 Å². The fourth-order valence-electron chi connectivity index (χ4n) is 4.49. The number of carbonyl (C=O) groups is 1. The van der Waals surface area contributed by atoms with E-state index in [4.69, 9.17) is 22.1 Å². The van der Waals surface area contributed by atoms with E-state index < -0.39 is 5.91 Å². The maximum absolute atomic E-state index is 12.2. The van der Waals surface area contributed by atoms with Gasteiger partial charge in [0.25, 0.3) is 5.91 Å². The standard InChI is InChI=1S/C26H27ClN4O2S/c1-17(19-7-3-4-8-20(19)27)33-22-13-23(34-25(22)26(28)32)21-14-29-24-10-9-18(16-31(21)24)15-30-11-5-2-6-12-30/h3-4,7-10,13-14,16-17H,2,5-6,11-12,15H2,1H3,(H2,28,32)/t17-/m1/s1. The summed E-state index contributed by atoms with van der Waals surface area (Å²) in [5, 5.41) is 0.620. The summed E-state index contributed by atoms with van der Waals surface area (Å²) in [6.07, 6.45) is 7.48. The van der Waals surface area contributed by atoms with E-state index >= 15 is 0 Å². The fourth-order valence-corrected chi connectivity index (χ4v) is 5.73. The number of imidazole rings is 1. The smallest absolute Gasteiger partial charge is 0.262 e. The molecule has 0 radical (unpaired) electrons. The second-order valence-corrected chi connectivity index (χ2v) is 10.2. The molecule has 0 bridgehead atoms. The number of hydrogen-bond acceptors (Lipinski definition) is 5. The van der Waals surface area contributed by atoms with E-state index in [1.807, 2.05) is 49.5 Å². The number of thiophene rings is 1. The molecule has 1 amide bonds. The number of nitrogens with two attached hydrogens (primary N) is 1. The summed E-state index contributed by atoms with van der Waals surface area (Å²) in [6, 6.07) is 13.6. The molecule has 1 aliphatic heterocycles. The number of primary amides is 1. The van der Waals surface area contributed by atoms with Crippen molar-refractivity contribution in [2.24, 2.45) is 5.73 Å². The first-order chi connectivity index (χ1) is 16.5. The largest absolute Gasteiger partial charge is 0.484 e. The number of amides is 1. The van der Waals surface area contributed by atoms with Gasteiger partial charge in [-0.1, -0.05) is 42.3 Å². The summed E-state index contributed by atoms with van der Waals surface area (Å²) in [7, 11) is 0. The van der Waals surface area contributed by atoms with Crippen molar-refractivity contribution in [2.75, 3.05) is 13.1 Å². The molecule has 5 rings (SSSR count). The molecule has 0 aliphatic carbocycles. The summed E-state index contributed by atoms with van der Waals surface area (Å²) >= 11 is 7.66. The number of carbonyl (C=O) groups excluding carboxylic acids is 1. The van der Waals surface area contributed by atoms with Crippen molar-refractivity contribution in [2.45, 2.75) is 38.8 Å². The average molecular weight is 495 g/mol. The summed E-state index contributed by atoms with van der Waals surface area (Å²) in [5.74, 6) is -0.0587. The highest BCUT2D eigenvalue weighted by molar-refractivity contribution is 7.17. The highest BCUT2D eigenvalue weighted by atomic mass is 35.5. The minimum atomic E-state index is -0.516. The first kappa shape index (κ1) is 22.9. The molecule has 1 fully saturated rings. The van der Waals surface area contributed by atoms with Gasteiger partial charge in [0.15, 0.2) is 0 Å². The van der Waals surface area contributed by atoms with Gasteiger partial charge in [-0.05, 0) is 50.6 Å². The Hall–Kier alpha value is -2.87. The SMILES string of the molecule is C[C@@H](Oc1cc(-c2cnc3ccc(CN4CCCCC4)cn23)sc1C(N)=O)c1ccccc1Cl. The lowest BCUT2D eigenvalue weighted by Gasteiger charge is -2.26. The molecule has 1 aromatic carbocycles. The Labute approximate surface area is 207 Å². The average Bonchev–Trinajstić information content (AvgIpc) is 3.44. The van der Waals surface area contributed by atoms with Crippen molar-refractivity contribution >= 4 is 34.5 Å². The van der Waals surface area contributed by atoms with E-state index in [1.165, 1.54) is 36.2 Å². The molecule has 6 nitrogen and oxygen atoms in total. The quantitative estimate of drug-likeness (QED) is 0.345. The topological polar surface area (TPSA) is 72.9 Å². The molecule has 176 valence electrons. The zero-order chi connectivity index (χ0) is 23.7. The van der Waals surface area contributed by atoms with Crippen molar-refractivity contribution in [1.82, 2.24) is 14.3 Å². The maximum atomic E-state index is 12.2. The van der Waals surface area contributed by atoms with Crippen LogP contribution in [0.15, 0.2) is 54.9 Å². The Bertz CT molecular complexity index is 1330. The fraction of sp³-hybridized carbons (Fsp3) is 0.308. The number of aromatic nitrogens is 2. The molecule has 1 atom stereocenters. The first-order valence-electron chi connectivity index (χ1n) is 11.5. The molecule has 4 heterocycles. The van der Waals surface area contributed by atoms with Gasteiger partial charge in [-0.3, -0.25) is 14.1 Å². The van der Waals surface area contributed by atoms with E-state index in [0.29, 0.717) is 15.6 Å². The van der Waals surface area contributed by atoms with Crippen LogP contribution in [0.1, 0.15) is 53.1 Å². The van der Waals surface area contributed by atoms with Gasteiger partial charge in [0, 0.05) is 29.4 Å². The zero-order valence-corrected chi connectivity index (χ0v) is 20.6. The molecule has 3 aromatic heterocycles. The van der Waals surface area contributed by atoms with E-state index in [1.54, 1.807) is 0 Å². The van der Waals surface area contributed by atoms with Crippen LogP contribution in [0.5, 0.6) is 5.75 Å². The van der Waals surface area contributed by atoms with Gasteiger partial charge in [0.2, 0.25) is 0 Å². The van der Waals surface area contributed by atoms with Crippen LogP contribution in [0, 0.1) is 0 Å². The van der Waals surface area contributed by atoms with Crippen molar-refractivity contribution in [3.63, 3.8) is 0 Å². The molecule has 34 heavy (non-hydrogen) atoms. The number of hydrogen-bond donors (Lipinski definition) is 1. The Morgan fingerprint density at radius 3 is 2.76 bits per heavy atom. The zero-order valence-electron chi connectivity index (χ0n) is 19.0. The molecule has 0 spiro atoms. The number of piperidine rings is 1. The third kappa shape index (κ3) is 4.69. The van der Waals surface area contributed by atoms with Crippen LogP contribution >= 0.6 is 22.9 Å². The van der Waals surface area contributed by atoms with E-state index in [0.717, 1.165) is 41.4 Å². The van der Waals surface area contributed by atoms with Crippen LogP contribution in [0.3, 0.4) is 0 Å². The predicted octanol–water partition coefficient (Wildman–Crippen LogP) is 5.94.